The third kappa shape index (κ3) is 2.22. The van der Waals surface area contributed by atoms with Crippen LogP contribution in [-0.2, 0) is 6.54 Å². The predicted molar refractivity (Wildman–Crippen MR) is 75.3 cm³/mol. The van der Waals surface area contributed by atoms with Crippen molar-refractivity contribution in [3.63, 3.8) is 0 Å². The number of fused-ring (bicyclic) bond motifs is 1. The number of anilines is 1. The molecular formula is C12H9Cl2N5. The molecule has 0 saturated heterocycles. The van der Waals surface area contributed by atoms with E-state index in [1.165, 1.54) is 6.33 Å². The van der Waals surface area contributed by atoms with Gasteiger partial charge in [0.25, 0.3) is 0 Å². The van der Waals surface area contributed by atoms with E-state index in [-0.39, 0.29) is 0 Å². The molecule has 0 saturated carbocycles. The van der Waals surface area contributed by atoms with Crippen LogP contribution in [0.5, 0.6) is 0 Å². The predicted octanol–water partition coefficient (Wildman–Crippen LogP) is 2.76. The van der Waals surface area contributed by atoms with Gasteiger partial charge in [-0.05, 0) is 23.8 Å². The summed E-state index contributed by atoms with van der Waals surface area (Å²) in [5.41, 5.74) is 7.89. The number of imidazole rings is 1. The summed E-state index contributed by atoms with van der Waals surface area (Å²) in [6.07, 6.45) is 3.07. The van der Waals surface area contributed by atoms with Crippen LogP contribution >= 0.6 is 23.2 Å². The molecule has 0 fully saturated rings. The van der Waals surface area contributed by atoms with Gasteiger partial charge in [0.1, 0.15) is 11.8 Å². The molecule has 2 heterocycles. The lowest BCUT2D eigenvalue weighted by molar-refractivity contribution is 0.813. The number of aromatic nitrogens is 4. The van der Waals surface area contributed by atoms with Gasteiger partial charge in [0, 0.05) is 10.0 Å². The van der Waals surface area contributed by atoms with E-state index in [2.05, 4.69) is 15.0 Å². The summed E-state index contributed by atoms with van der Waals surface area (Å²) in [5.74, 6) is 0.362. The first-order valence-electron chi connectivity index (χ1n) is 5.50. The van der Waals surface area contributed by atoms with Crippen molar-refractivity contribution in [2.75, 3.05) is 5.73 Å². The van der Waals surface area contributed by atoms with E-state index in [1.54, 1.807) is 18.5 Å². The monoisotopic (exact) mass is 293 g/mol. The summed E-state index contributed by atoms with van der Waals surface area (Å²) in [7, 11) is 0. The molecule has 1 aromatic carbocycles. The van der Waals surface area contributed by atoms with Crippen molar-refractivity contribution in [2.45, 2.75) is 6.54 Å². The molecule has 0 aliphatic heterocycles. The largest absolute Gasteiger partial charge is 0.382 e. The Morgan fingerprint density at radius 2 is 2.00 bits per heavy atom. The molecule has 0 unspecified atom stereocenters. The van der Waals surface area contributed by atoms with Crippen molar-refractivity contribution in [2.24, 2.45) is 0 Å². The van der Waals surface area contributed by atoms with Crippen molar-refractivity contribution in [1.82, 2.24) is 19.5 Å². The summed E-state index contributed by atoms with van der Waals surface area (Å²) in [6.45, 7) is 0.520. The standard InChI is InChI=1S/C12H9Cl2N5/c13-8-1-2-9(14)7(3-8)4-19-6-18-10-11(15)16-5-17-12(10)19/h1-3,5-6H,4H2,(H2,15,16,17). The van der Waals surface area contributed by atoms with E-state index in [0.717, 1.165) is 5.56 Å². The fourth-order valence-electron chi connectivity index (χ4n) is 1.86. The summed E-state index contributed by atoms with van der Waals surface area (Å²) in [6, 6.07) is 5.33. The lowest BCUT2D eigenvalue weighted by Crippen LogP contribution is -2.01. The Kier molecular flexibility index (Phi) is 3.00. The van der Waals surface area contributed by atoms with Crippen molar-refractivity contribution >= 4 is 40.2 Å². The maximum atomic E-state index is 6.15. The summed E-state index contributed by atoms with van der Waals surface area (Å²) < 4.78 is 1.85. The molecule has 0 atom stereocenters. The van der Waals surface area contributed by atoms with Crippen LogP contribution in [0.15, 0.2) is 30.9 Å². The maximum Gasteiger partial charge on any atom is 0.165 e. The van der Waals surface area contributed by atoms with E-state index >= 15 is 0 Å². The second-order valence-electron chi connectivity index (χ2n) is 4.04. The highest BCUT2D eigenvalue weighted by Gasteiger charge is 2.09. The highest BCUT2D eigenvalue weighted by Crippen LogP contribution is 2.23. The third-order valence-electron chi connectivity index (χ3n) is 2.78. The number of rotatable bonds is 2. The van der Waals surface area contributed by atoms with Crippen LogP contribution in [0, 0.1) is 0 Å². The number of halogens is 2. The summed E-state index contributed by atoms with van der Waals surface area (Å²) in [5, 5.41) is 1.28. The summed E-state index contributed by atoms with van der Waals surface area (Å²) >= 11 is 12.1. The third-order valence-corrected chi connectivity index (χ3v) is 3.38. The van der Waals surface area contributed by atoms with E-state index in [1.807, 2.05) is 10.6 Å². The number of nitrogen functional groups attached to an aromatic ring is 1. The van der Waals surface area contributed by atoms with Gasteiger partial charge in [-0.15, -0.1) is 0 Å². The fourth-order valence-corrected chi connectivity index (χ4v) is 2.23. The molecule has 19 heavy (non-hydrogen) atoms. The molecule has 0 spiro atoms. The van der Waals surface area contributed by atoms with Gasteiger partial charge in [0.15, 0.2) is 11.5 Å². The average Bonchev–Trinajstić information content (AvgIpc) is 2.79. The van der Waals surface area contributed by atoms with Gasteiger partial charge in [0.05, 0.1) is 12.9 Å². The van der Waals surface area contributed by atoms with E-state index in [9.17, 15) is 0 Å². The Morgan fingerprint density at radius 1 is 1.16 bits per heavy atom. The van der Waals surface area contributed by atoms with E-state index in [0.29, 0.717) is 33.6 Å². The molecular weight excluding hydrogens is 285 g/mol. The molecule has 0 aliphatic rings. The lowest BCUT2D eigenvalue weighted by atomic mass is 10.2. The minimum atomic E-state index is 0.362. The van der Waals surface area contributed by atoms with Crippen LogP contribution in [0.1, 0.15) is 5.56 Å². The first-order chi connectivity index (χ1) is 9.15. The SMILES string of the molecule is Nc1ncnc2c1ncn2Cc1cc(Cl)ccc1Cl. The van der Waals surface area contributed by atoms with Gasteiger partial charge in [-0.1, -0.05) is 23.2 Å². The van der Waals surface area contributed by atoms with Gasteiger partial charge in [-0.3, -0.25) is 0 Å². The molecule has 0 radical (unpaired) electrons. The quantitative estimate of drug-likeness (QED) is 0.789. The normalized spacial score (nSPS) is 11.1. The Morgan fingerprint density at radius 3 is 2.84 bits per heavy atom. The minimum Gasteiger partial charge on any atom is -0.382 e. The zero-order valence-corrected chi connectivity index (χ0v) is 11.2. The van der Waals surface area contributed by atoms with Gasteiger partial charge < -0.3 is 10.3 Å². The molecule has 0 amide bonds. The molecule has 0 bridgehead atoms. The number of benzene rings is 1. The molecule has 5 nitrogen and oxygen atoms in total. The maximum absolute atomic E-state index is 6.15. The summed E-state index contributed by atoms with van der Waals surface area (Å²) in [4.78, 5) is 12.3. The zero-order valence-electron chi connectivity index (χ0n) is 9.72. The first-order valence-corrected chi connectivity index (χ1v) is 6.26. The molecule has 2 N–H and O–H groups in total. The minimum absolute atomic E-state index is 0.362. The second-order valence-corrected chi connectivity index (χ2v) is 4.88. The van der Waals surface area contributed by atoms with Gasteiger partial charge >= 0.3 is 0 Å². The number of nitrogens with two attached hydrogens (primary N) is 1. The van der Waals surface area contributed by atoms with Crippen LogP contribution in [-0.4, -0.2) is 19.5 Å². The highest BCUT2D eigenvalue weighted by atomic mass is 35.5. The van der Waals surface area contributed by atoms with Gasteiger partial charge in [0.2, 0.25) is 0 Å². The van der Waals surface area contributed by atoms with Crippen LogP contribution in [0.3, 0.4) is 0 Å². The van der Waals surface area contributed by atoms with Crippen molar-refractivity contribution in [1.29, 1.82) is 0 Å². The first kappa shape index (κ1) is 12.2. The highest BCUT2D eigenvalue weighted by molar-refractivity contribution is 6.33. The molecule has 3 aromatic rings. The lowest BCUT2D eigenvalue weighted by Gasteiger charge is -2.06. The fraction of sp³-hybridized carbons (Fsp3) is 0.0833. The number of hydrogen-bond acceptors (Lipinski definition) is 4. The molecule has 0 aliphatic carbocycles. The Hall–Kier alpha value is -1.85. The second kappa shape index (κ2) is 4.68. The van der Waals surface area contributed by atoms with Crippen LogP contribution < -0.4 is 5.73 Å². The zero-order chi connectivity index (χ0) is 13.4. The van der Waals surface area contributed by atoms with Gasteiger partial charge in [-0.25, -0.2) is 15.0 Å². The van der Waals surface area contributed by atoms with Crippen LogP contribution in [0.4, 0.5) is 5.82 Å². The van der Waals surface area contributed by atoms with E-state index in [4.69, 9.17) is 28.9 Å². The average molecular weight is 294 g/mol. The molecule has 2 aromatic heterocycles. The molecule has 96 valence electrons. The Balaban J connectivity index is 2.06. The molecule has 3 rings (SSSR count). The smallest absolute Gasteiger partial charge is 0.165 e. The van der Waals surface area contributed by atoms with Crippen molar-refractivity contribution < 1.29 is 0 Å². The van der Waals surface area contributed by atoms with E-state index < -0.39 is 0 Å². The van der Waals surface area contributed by atoms with Crippen LogP contribution in [0.25, 0.3) is 11.2 Å². The number of nitrogens with zero attached hydrogens (tertiary/aromatic N) is 4. The number of hydrogen-bond donors (Lipinski definition) is 1. The van der Waals surface area contributed by atoms with Crippen LogP contribution in [0.2, 0.25) is 10.0 Å². The molecule has 7 heteroatoms. The van der Waals surface area contributed by atoms with Gasteiger partial charge in [-0.2, -0.15) is 0 Å². The topological polar surface area (TPSA) is 69.6 Å². The Bertz CT molecular complexity index is 753. The van der Waals surface area contributed by atoms with Crippen molar-refractivity contribution in [3.8, 4) is 0 Å². The Labute approximate surface area is 119 Å². The van der Waals surface area contributed by atoms with Crippen molar-refractivity contribution in [3.05, 3.63) is 46.5 Å².